The van der Waals surface area contributed by atoms with E-state index in [1.807, 2.05) is 91.6 Å². The fourth-order valence-electron chi connectivity index (χ4n) is 10.6. The number of hydrogen-bond donors (Lipinski definition) is 5. The number of rotatable bonds is 13. The zero-order chi connectivity index (χ0) is 56.6. The maximum absolute atomic E-state index is 14.0. The quantitative estimate of drug-likeness (QED) is 0.0731. The molecule has 8 aromatic rings. The Morgan fingerprint density at radius 2 is 1.11 bits per heavy atom. The third kappa shape index (κ3) is 12.7. The van der Waals surface area contributed by atoms with Crippen LogP contribution in [0, 0.1) is 38.9 Å². The van der Waals surface area contributed by atoms with Crippen molar-refractivity contribution in [2.24, 2.45) is 5.41 Å². The Hall–Kier alpha value is -7.44. The molecule has 0 saturated heterocycles. The molecule has 3 fully saturated rings. The van der Waals surface area contributed by atoms with Crippen molar-refractivity contribution in [3.63, 3.8) is 0 Å². The van der Waals surface area contributed by atoms with E-state index < -0.39 is 22.9 Å². The van der Waals surface area contributed by atoms with Gasteiger partial charge in [-0.05, 0) is 159 Å². The maximum atomic E-state index is 14.0. The van der Waals surface area contributed by atoms with E-state index in [0.717, 1.165) is 106 Å². The van der Waals surface area contributed by atoms with Crippen LogP contribution < -0.4 is 16.0 Å². The number of hydrogen-bond acceptors (Lipinski definition) is 11. The van der Waals surface area contributed by atoms with Crippen LogP contribution in [0.15, 0.2) is 85.2 Å². The molecule has 0 bridgehead atoms. The Morgan fingerprint density at radius 3 is 1.61 bits per heavy atom. The predicted octanol–water partition coefficient (Wildman–Crippen LogP) is 11.9. The number of anilines is 3. The van der Waals surface area contributed by atoms with E-state index in [0.29, 0.717) is 30.3 Å². The van der Waals surface area contributed by atoms with Crippen LogP contribution in [-0.2, 0) is 31.1 Å². The van der Waals surface area contributed by atoms with Gasteiger partial charge < -0.3 is 10.2 Å². The zero-order valence-corrected chi connectivity index (χ0v) is 47.2. The van der Waals surface area contributed by atoms with Gasteiger partial charge in [0.15, 0.2) is 16.9 Å². The number of carbonyl (C=O) groups is 3. The maximum Gasteiger partial charge on any atom is 0.229 e. The molecule has 416 valence electrons. The molecule has 0 aliphatic heterocycles. The van der Waals surface area contributed by atoms with Gasteiger partial charge in [0.25, 0.3) is 0 Å². The number of halogens is 1. The van der Waals surface area contributed by atoms with E-state index in [2.05, 4.69) is 78.1 Å². The summed E-state index contributed by atoms with van der Waals surface area (Å²) in [4.78, 5) is 65.3. The number of carbonyl (C=O) groups excluding carboxylic acids is 3. The molecule has 5 N–H and O–H groups in total. The van der Waals surface area contributed by atoms with Crippen molar-refractivity contribution in [2.45, 2.75) is 175 Å². The number of pyridine rings is 3. The zero-order valence-electron chi connectivity index (χ0n) is 47.2. The highest BCUT2D eigenvalue weighted by Gasteiger charge is 2.38. The summed E-state index contributed by atoms with van der Waals surface area (Å²) in [6.07, 6.45) is 13.6. The predicted molar refractivity (Wildman–Crippen MR) is 306 cm³/mol. The largest absolute Gasteiger partial charge is 0.385 e. The van der Waals surface area contributed by atoms with Gasteiger partial charge in [0.05, 0.1) is 24.0 Å². The van der Waals surface area contributed by atoms with Gasteiger partial charge in [-0.25, -0.2) is 34.3 Å². The molecule has 0 spiro atoms. The van der Waals surface area contributed by atoms with Crippen LogP contribution in [0.5, 0.6) is 0 Å². The number of nitrogens with one attached hydrogen (secondary N) is 3. The molecule has 3 aliphatic carbocycles. The monoisotopic (exact) mass is 1070 g/mol. The third-order valence-electron chi connectivity index (χ3n) is 15.4. The van der Waals surface area contributed by atoms with Crippen molar-refractivity contribution in [2.75, 3.05) is 16.0 Å². The van der Waals surface area contributed by atoms with E-state index in [-0.39, 0.29) is 47.2 Å². The Morgan fingerprint density at radius 1 is 0.595 bits per heavy atom. The van der Waals surface area contributed by atoms with Crippen LogP contribution in [0.3, 0.4) is 0 Å². The second kappa shape index (κ2) is 22.4. The van der Waals surface area contributed by atoms with Crippen LogP contribution in [-0.4, -0.2) is 71.5 Å². The first kappa shape index (κ1) is 56.3. The number of imidazole rings is 3. The lowest BCUT2D eigenvalue weighted by atomic mass is 9.78. The van der Waals surface area contributed by atoms with Crippen molar-refractivity contribution < 1.29 is 29.0 Å². The van der Waals surface area contributed by atoms with Gasteiger partial charge in [0.1, 0.15) is 22.4 Å². The van der Waals surface area contributed by atoms with Crippen LogP contribution >= 0.6 is 0 Å². The Labute approximate surface area is 460 Å². The van der Waals surface area contributed by atoms with E-state index in [9.17, 15) is 29.0 Å². The van der Waals surface area contributed by atoms with E-state index in [1.165, 1.54) is 31.9 Å². The lowest BCUT2D eigenvalue weighted by molar-refractivity contribution is -0.121. The number of aromatic nitrogens is 9. The fourth-order valence-corrected chi connectivity index (χ4v) is 10.6. The molecule has 17 nitrogen and oxygen atoms in total. The number of amides is 3. The van der Waals surface area contributed by atoms with E-state index in [4.69, 9.17) is 0 Å². The number of benzene rings is 2. The van der Waals surface area contributed by atoms with Crippen molar-refractivity contribution in [3.05, 3.63) is 125 Å². The van der Waals surface area contributed by atoms with Gasteiger partial charge in [-0.2, -0.15) is 0 Å². The minimum atomic E-state index is -1.63. The third-order valence-corrected chi connectivity index (χ3v) is 15.4. The van der Waals surface area contributed by atoms with Gasteiger partial charge in [-0.15, -0.1) is 0 Å². The first-order valence-corrected chi connectivity index (χ1v) is 27.6. The summed E-state index contributed by atoms with van der Waals surface area (Å²) in [6.45, 7) is 19.4. The summed E-state index contributed by atoms with van der Waals surface area (Å²) < 4.78 is 20.2. The Balaban J connectivity index is 0.000000145. The van der Waals surface area contributed by atoms with Gasteiger partial charge >= 0.3 is 0 Å². The summed E-state index contributed by atoms with van der Waals surface area (Å²) in [5, 5.41) is 30.3. The summed E-state index contributed by atoms with van der Waals surface area (Å²) in [6, 6.07) is 22.0. The minimum Gasteiger partial charge on any atom is -0.385 e. The molecule has 2 aromatic carbocycles. The summed E-state index contributed by atoms with van der Waals surface area (Å²) in [5.74, 6) is 0.347. The van der Waals surface area contributed by atoms with Gasteiger partial charge in [-0.3, -0.25) is 44.0 Å². The van der Waals surface area contributed by atoms with Crippen LogP contribution in [0.2, 0.25) is 0 Å². The lowest BCUT2D eigenvalue weighted by Gasteiger charge is -2.40. The topological polar surface area (TPSA) is 220 Å². The second-order valence-electron chi connectivity index (χ2n) is 24.0. The molecule has 3 aliphatic rings. The van der Waals surface area contributed by atoms with E-state index >= 15 is 0 Å². The van der Waals surface area contributed by atoms with Gasteiger partial charge in [0, 0.05) is 47.7 Å². The molecule has 0 radical (unpaired) electrons. The molecular formula is C61H75FN12O5. The molecule has 2 atom stereocenters. The normalized spacial score (nSPS) is 16.7. The number of aliphatic hydroxyl groups is 2. The first-order chi connectivity index (χ1) is 37.4. The van der Waals surface area contributed by atoms with Gasteiger partial charge in [0.2, 0.25) is 35.6 Å². The number of nitrogens with zero attached hydrogens (tertiary/aromatic N) is 9. The highest BCUT2D eigenvalue weighted by molar-refractivity contribution is 5.93. The van der Waals surface area contributed by atoms with Crippen LogP contribution in [0.4, 0.5) is 22.2 Å². The van der Waals surface area contributed by atoms with Crippen molar-refractivity contribution in [1.82, 2.24) is 43.6 Å². The fraction of sp³-hybridized carbons (Fsp3) is 0.459. The minimum absolute atomic E-state index is 0.000110. The molecule has 3 saturated carbocycles. The lowest BCUT2D eigenvalue weighted by Crippen LogP contribution is -2.38. The molecular weight excluding hydrogens is 1000 g/mol. The molecule has 3 amide bonds. The second-order valence-corrected chi connectivity index (χ2v) is 24.0. The summed E-state index contributed by atoms with van der Waals surface area (Å²) in [7, 11) is 0. The average molecular weight is 1080 g/mol. The number of aryl methyl sites for hydroxylation is 4. The highest BCUT2D eigenvalue weighted by Crippen LogP contribution is 2.43. The Bertz CT molecular complexity index is 3560. The van der Waals surface area contributed by atoms with Crippen molar-refractivity contribution >= 4 is 69.1 Å². The summed E-state index contributed by atoms with van der Waals surface area (Å²) >= 11 is 0. The van der Waals surface area contributed by atoms with Crippen LogP contribution in [0.1, 0.15) is 164 Å². The molecule has 18 heteroatoms. The molecule has 0 unspecified atom stereocenters. The molecule has 79 heavy (non-hydrogen) atoms. The van der Waals surface area contributed by atoms with Crippen molar-refractivity contribution in [3.8, 4) is 0 Å². The summed E-state index contributed by atoms with van der Waals surface area (Å²) in [5.41, 5.74) is 6.71. The van der Waals surface area contributed by atoms with Crippen LogP contribution in [0.25, 0.3) is 33.5 Å². The number of fused-ring (bicyclic) bond motifs is 3. The smallest absolute Gasteiger partial charge is 0.229 e. The Kier molecular flexibility index (Phi) is 15.9. The first-order valence-electron chi connectivity index (χ1n) is 27.6. The molecule has 6 heterocycles. The highest BCUT2D eigenvalue weighted by atomic mass is 19.1. The standard InChI is InChI=1S/C22H26N4O2.C21H23FN4O2.C18H26N4O/c1-14-6-4-7-16(10-14)22(3,28)12-19(27)25-21-24-18-11-15(2)13-23-20(18)26(21)17-8-5-9-17;1-13-10-17-19(23-12-13)26(14-6-5-7-14)20(24-17)25-18(27)11-21(2,28)15-8-3-4-9-16(15)22;1-12-7-8-13-15(19-12)22(18(5)9-6-10-18)16(20-13)21-14(23)11-17(2,3)4/h4,6-7,10-11,13,17,28H,5,8-9,12H2,1-3H3,(H,24,25,27);3-4,8-10,12,14,28H,5-7,11H2,1-2H3,(H,24,25,27);7-8H,6,9-11H2,1-5H3,(H,20,21,23)/t22-;21-;/m00./s1. The van der Waals surface area contributed by atoms with E-state index in [1.54, 1.807) is 25.3 Å². The molecule has 11 rings (SSSR count). The SMILES string of the molecule is Cc1ccc2nc(NC(=O)CC(C)(C)C)n(C3(C)CCC3)c2n1.Cc1cccc([C@@](C)(O)CC(=O)Nc2nc3cc(C)cnc3n2C2CCC2)c1.Cc1cnc2c(c1)nc(NC(=O)C[C@](C)(O)c1ccccc1F)n2C1CCC1. The molecule has 6 aromatic heterocycles. The average Bonchev–Trinajstić information content (AvgIpc) is 4.14. The van der Waals surface area contributed by atoms with Crippen molar-refractivity contribution in [1.29, 1.82) is 0 Å². The van der Waals surface area contributed by atoms with Gasteiger partial charge in [-0.1, -0.05) is 68.8 Å².